The smallest absolute Gasteiger partial charge is 0.255 e. The van der Waals surface area contributed by atoms with Crippen molar-refractivity contribution in [1.29, 1.82) is 0 Å². The number of nitrogens with one attached hydrogen (secondary N) is 1. The number of nitrogens with two attached hydrogens (primary N) is 2. The van der Waals surface area contributed by atoms with Gasteiger partial charge in [0, 0.05) is 16.9 Å². The molecule has 0 radical (unpaired) electrons. The first kappa shape index (κ1) is 14.5. The Morgan fingerprint density at radius 3 is 2.30 bits per heavy atom. The number of carbonyl (C=O) groups excluding carboxylic acids is 1. The van der Waals surface area contributed by atoms with Crippen LogP contribution in [0, 0.1) is 6.92 Å². The molecule has 0 atom stereocenters. The summed E-state index contributed by atoms with van der Waals surface area (Å²) in [6.45, 7) is 1.83. The van der Waals surface area contributed by atoms with E-state index >= 15 is 0 Å². The standard InChI is InChI=1S/C14H13Cl2N3O/c1-7-2-3-11(15)13(12(7)16)19-14(20)8-4-9(17)6-10(18)5-8/h2-6H,17-18H2,1H3,(H,19,20). The van der Waals surface area contributed by atoms with Crippen molar-refractivity contribution in [3.8, 4) is 0 Å². The van der Waals surface area contributed by atoms with E-state index in [0.29, 0.717) is 32.7 Å². The van der Waals surface area contributed by atoms with Gasteiger partial charge in [-0.05, 0) is 36.8 Å². The second-order valence-electron chi connectivity index (χ2n) is 4.40. The molecular formula is C14H13Cl2N3O. The maximum Gasteiger partial charge on any atom is 0.255 e. The van der Waals surface area contributed by atoms with Gasteiger partial charge in [-0.3, -0.25) is 4.79 Å². The molecule has 0 bridgehead atoms. The van der Waals surface area contributed by atoms with E-state index in [1.165, 1.54) is 12.1 Å². The average Bonchev–Trinajstić information content (AvgIpc) is 2.38. The SMILES string of the molecule is Cc1ccc(Cl)c(NC(=O)c2cc(N)cc(N)c2)c1Cl. The fraction of sp³-hybridized carbons (Fsp3) is 0.0714. The molecule has 2 aromatic carbocycles. The number of halogens is 2. The first-order chi connectivity index (χ1) is 9.38. The number of benzene rings is 2. The van der Waals surface area contributed by atoms with Crippen molar-refractivity contribution in [2.45, 2.75) is 6.92 Å². The Hall–Kier alpha value is -1.91. The largest absolute Gasteiger partial charge is 0.399 e. The van der Waals surface area contributed by atoms with E-state index in [1.54, 1.807) is 18.2 Å². The molecule has 4 nitrogen and oxygen atoms in total. The quantitative estimate of drug-likeness (QED) is 0.739. The average molecular weight is 310 g/mol. The number of rotatable bonds is 2. The Kier molecular flexibility index (Phi) is 4.06. The molecule has 2 aromatic rings. The summed E-state index contributed by atoms with van der Waals surface area (Å²) < 4.78 is 0. The highest BCUT2D eigenvalue weighted by Gasteiger charge is 2.14. The Labute approximate surface area is 126 Å². The lowest BCUT2D eigenvalue weighted by atomic mass is 10.1. The minimum absolute atomic E-state index is 0.344. The molecule has 0 aliphatic heterocycles. The second-order valence-corrected chi connectivity index (χ2v) is 5.18. The van der Waals surface area contributed by atoms with Gasteiger partial charge in [-0.1, -0.05) is 29.3 Å². The zero-order valence-corrected chi connectivity index (χ0v) is 12.2. The maximum atomic E-state index is 12.2. The lowest BCUT2D eigenvalue weighted by Crippen LogP contribution is -2.13. The number of aryl methyl sites for hydroxylation is 1. The first-order valence-corrected chi connectivity index (χ1v) is 6.56. The highest BCUT2D eigenvalue weighted by molar-refractivity contribution is 6.40. The lowest BCUT2D eigenvalue weighted by molar-refractivity contribution is 0.102. The van der Waals surface area contributed by atoms with Crippen molar-refractivity contribution in [1.82, 2.24) is 0 Å². The number of nitrogen functional groups attached to an aromatic ring is 2. The van der Waals surface area contributed by atoms with Crippen molar-refractivity contribution in [3.63, 3.8) is 0 Å². The van der Waals surface area contributed by atoms with Crippen LogP contribution < -0.4 is 16.8 Å². The summed E-state index contributed by atoms with van der Waals surface area (Å²) in [6, 6.07) is 8.08. The molecule has 0 saturated heterocycles. The van der Waals surface area contributed by atoms with Gasteiger partial charge < -0.3 is 16.8 Å². The molecule has 104 valence electrons. The van der Waals surface area contributed by atoms with E-state index < -0.39 is 0 Å². The van der Waals surface area contributed by atoms with Gasteiger partial charge in [-0.2, -0.15) is 0 Å². The number of amides is 1. The van der Waals surface area contributed by atoms with Crippen LogP contribution in [0.5, 0.6) is 0 Å². The van der Waals surface area contributed by atoms with E-state index in [4.69, 9.17) is 34.7 Å². The van der Waals surface area contributed by atoms with Crippen LogP contribution in [0.3, 0.4) is 0 Å². The zero-order valence-electron chi connectivity index (χ0n) is 10.7. The summed E-state index contributed by atoms with van der Waals surface area (Å²) in [6.07, 6.45) is 0. The molecule has 20 heavy (non-hydrogen) atoms. The summed E-state index contributed by atoms with van der Waals surface area (Å²) in [5.41, 5.74) is 13.7. The Morgan fingerprint density at radius 2 is 1.70 bits per heavy atom. The van der Waals surface area contributed by atoms with Crippen LogP contribution in [0.25, 0.3) is 0 Å². The van der Waals surface area contributed by atoms with Crippen molar-refractivity contribution < 1.29 is 4.79 Å². The third-order valence-corrected chi connectivity index (χ3v) is 3.56. The van der Waals surface area contributed by atoms with Crippen LogP contribution in [-0.4, -0.2) is 5.91 Å². The molecule has 0 fully saturated rings. The van der Waals surface area contributed by atoms with Gasteiger partial charge in [0.1, 0.15) is 0 Å². The molecular weight excluding hydrogens is 297 g/mol. The Bertz CT molecular complexity index is 666. The summed E-state index contributed by atoms with van der Waals surface area (Å²) in [4.78, 5) is 12.2. The van der Waals surface area contributed by atoms with Crippen molar-refractivity contribution in [2.24, 2.45) is 0 Å². The molecule has 0 unspecified atom stereocenters. The normalized spacial score (nSPS) is 10.3. The van der Waals surface area contributed by atoms with E-state index in [0.717, 1.165) is 5.56 Å². The van der Waals surface area contributed by atoms with E-state index in [-0.39, 0.29) is 5.91 Å². The monoisotopic (exact) mass is 309 g/mol. The second kappa shape index (κ2) is 5.61. The van der Waals surface area contributed by atoms with Crippen molar-refractivity contribution in [3.05, 3.63) is 51.5 Å². The molecule has 0 spiro atoms. The Balaban J connectivity index is 2.35. The first-order valence-electron chi connectivity index (χ1n) is 5.80. The topological polar surface area (TPSA) is 81.1 Å². The molecule has 0 aromatic heterocycles. The lowest BCUT2D eigenvalue weighted by Gasteiger charge is -2.11. The van der Waals surface area contributed by atoms with Crippen molar-refractivity contribution >= 4 is 46.2 Å². The van der Waals surface area contributed by atoms with Crippen molar-refractivity contribution in [2.75, 3.05) is 16.8 Å². The maximum absolute atomic E-state index is 12.2. The molecule has 2 rings (SSSR count). The fourth-order valence-electron chi connectivity index (χ4n) is 1.76. The molecule has 1 amide bonds. The summed E-state index contributed by atoms with van der Waals surface area (Å²) >= 11 is 12.2. The van der Waals surface area contributed by atoms with Gasteiger partial charge in [0.05, 0.1) is 15.7 Å². The Morgan fingerprint density at radius 1 is 1.10 bits per heavy atom. The molecule has 0 heterocycles. The number of anilines is 3. The molecule has 0 aliphatic carbocycles. The van der Waals surface area contributed by atoms with Crippen LogP contribution in [0.2, 0.25) is 10.0 Å². The van der Waals surface area contributed by atoms with E-state index in [2.05, 4.69) is 5.32 Å². The highest BCUT2D eigenvalue weighted by atomic mass is 35.5. The minimum Gasteiger partial charge on any atom is -0.399 e. The third kappa shape index (κ3) is 2.98. The minimum atomic E-state index is -0.376. The molecule has 0 aliphatic rings. The van der Waals surface area contributed by atoms with Gasteiger partial charge in [0.25, 0.3) is 5.91 Å². The van der Waals surface area contributed by atoms with Gasteiger partial charge in [0.15, 0.2) is 0 Å². The molecule has 0 saturated carbocycles. The zero-order chi connectivity index (χ0) is 14.9. The predicted molar refractivity (Wildman–Crippen MR) is 84.4 cm³/mol. The fourth-order valence-corrected chi connectivity index (χ4v) is 2.23. The molecule has 6 heteroatoms. The summed E-state index contributed by atoms with van der Waals surface area (Å²) in [5, 5.41) is 3.45. The highest BCUT2D eigenvalue weighted by Crippen LogP contribution is 2.33. The number of hydrogen-bond acceptors (Lipinski definition) is 3. The van der Waals surface area contributed by atoms with Crippen LogP contribution in [0.15, 0.2) is 30.3 Å². The van der Waals surface area contributed by atoms with Crippen LogP contribution in [-0.2, 0) is 0 Å². The van der Waals surface area contributed by atoms with Gasteiger partial charge >= 0.3 is 0 Å². The van der Waals surface area contributed by atoms with Gasteiger partial charge in [-0.15, -0.1) is 0 Å². The van der Waals surface area contributed by atoms with E-state index in [9.17, 15) is 4.79 Å². The summed E-state index contributed by atoms with van der Waals surface area (Å²) in [5.74, 6) is -0.376. The number of hydrogen-bond donors (Lipinski definition) is 3. The summed E-state index contributed by atoms with van der Waals surface area (Å²) in [7, 11) is 0. The molecule has 5 N–H and O–H groups in total. The van der Waals surface area contributed by atoms with Crippen LogP contribution in [0.1, 0.15) is 15.9 Å². The van der Waals surface area contributed by atoms with Crippen LogP contribution >= 0.6 is 23.2 Å². The van der Waals surface area contributed by atoms with Crippen LogP contribution in [0.4, 0.5) is 17.1 Å². The predicted octanol–water partition coefficient (Wildman–Crippen LogP) is 3.72. The van der Waals surface area contributed by atoms with Gasteiger partial charge in [0.2, 0.25) is 0 Å². The number of carbonyl (C=O) groups is 1. The van der Waals surface area contributed by atoms with Gasteiger partial charge in [-0.25, -0.2) is 0 Å². The third-order valence-electron chi connectivity index (χ3n) is 2.76. The van der Waals surface area contributed by atoms with E-state index in [1.807, 2.05) is 6.92 Å².